The molecule has 0 spiro atoms. The van der Waals surface area contributed by atoms with Crippen molar-refractivity contribution in [3.63, 3.8) is 0 Å². The van der Waals surface area contributed by atoms with Crippen LogP contribution in [0.2, 0.25) is 0 Å². The molecule has 1 atom stereocenters. The molecule has 2 N–H and O–H groups in total. The van der Waals surface area contributed by atoms with Crippen molar-refractivity contribution < 1.29 is 19.1 Å². The van der Waals surface area contributed by atoms with Gasteiger partial charge < -0.3 is 25.0 Å². The van der Waals surface area contributed by atoms with Gasteiger partial charge in [0.25, 0.3) is 0 Å². The number of anilines is 2. The minimum absolute atomic E-state index is 0.00285. The van der Waals surface area contributed by atoms with E-state index in [1.807, 2.05) is 19.3 Å². The maximum atomic E-state index is 12.9. The average Bonchev–Trinajstić information content (AvgIpc) is 3.27. The third-order valence-corrected chi connectivity index (χ3v) is 12.4. The molecular weight excluding hydrogens is 757 g/mol. The molecule has 0 bridgehead atoms. The molecule has 1 rings (SSSR count). The minimum Gasteiger partial charge on any atom is -0.462 e. The van der Waals surface area contributed by atoms with Crippen LogP contribution in [-0.4, -0.2) is 67.3 Å². The Morgan fingerprint density at radius 3 is 1.43 bits per heavy atom. The van der Waals surface area contributed by atoms with Crippen molar-refractivity contribution in [2.45, 2.75) is 265 Å². The third-order valence-electron chi connectivity index (χ3n) is 12.4. The highest BCUT2D eigenvalue weighted by atomic mass is 16.5. The molecule has 0 aliphatic rings. The van der Waals surface area contributed by atoms with Crippen molar-refractivity contribution >= 4 is 23.4 Å². The zero-order chi connectivity index (χ0) is 44.3. The Morgan fingerprint density at radius 1 is 0.541 bits per heavy atom. The Kier molecular flexibility index (Phi) is 39.9. The summed E-state index contributed by atoms with van der Waals surface area (Å²) in [4.78, 5) is 32.5. The fourth-order valence-corrected chi connectivity index (χ4v) is 8.43. The van der Waals surface area contributed by atoms with Crippen molar-refractivity contribution in [1.82, 2.24) is 9.88 Å². The zero-order valence-corrected chi connectivity index (χ0v) is 41.0. The van der Waals surface area contributed by atoms with Crippen LogP contribution in [0.15, 0.2) is 18.3 Å². The lowest BCUT2D eigenvalue weighted by molar-refractivity contribution is -0.150. The average molecular weight is 857 g/mol. The lowest BCUT2D eigenvalue weighted by atomic mass is 10.0. The predicted octanol–water partition coefficient (Wildman–Crippen LogP) is 15.4. The topological polar surface area (TPSA) is 92.8 Å². The van der Waals surface area contributed by atoms with Crippen molar-refractivity contribution in [1.29, 1.82) is 0 Å². The first kappa shape index (κ1) is 56.7. The summed E-state index contributed by atoms with van der Waals surface area (Å²) in [6.07, 6.45) is 42.5. The molecule has 356 valence electrons. The number of rotatable bonds is 46. The van der Waals surface area contributed by atoms with Crippen molar-refractivity contribution in [3.8, 4) is 0 Å². The van der Waals surface area contributed by atoms with E-state index in [2.05, 4.69) is 54.3 Å². The van der Waals surface area contributed by atoms with E-state index in [9.17, 15) is 9.59 Å². The normalized spacial score (nSPS) is 12.0. The van der Waals surface area contributed by atoms with E-state index in [1.54, 1.807) is 0 Å². The number of carbonyl (C=O) groups excluding carboxylic acids is 2. The molecule has 1 unspecified atom stereocenters. The molecular formula is C53H100N4O4. The Balaban J connectivity index is 2.41. The van der Waals surface area contributed by atoms with Gasteiger partial charge >= 0.3 is 11.9 Å². The third kappa shape index (κ3) is 34.8. The molecule has 61 heavy (non-hydrogen) atoms. The second kappa shape index (κ2) is 42.9. The van der Waals surface area contributed by atoms with Gasteiger partial charge in [0.05, 0.1) is 5.69 Å². The van der Waals surface area contributed by atoms with Gasteiger partial charge in [0, 0.05) is 32.6 Å². The lowest BCUT2D eigenvalue weighted by Gasteiger charge is -2.23. The van der Waals surface area contributed by atoms with Gasteiger partial charge in [0.15, 0.2) is 0 Å². The van der Waals surface area contributed by atoms with E-state index < -0.39 is 0 Å². The second-order valence-electron chi connectivity index (χ2n) is 18.1. The van der Waals surface area contributed by atoms with E-state index in [-0.39, 0.29) is 24.1 Å². The summed E-state index contributed by atoms with van der Waals surface area (Å²) in [5.41, 5.74) is 1.05. The Hall–Kier alpha value is -2.35. The van der Waals surface area contributed by atoms with Gasteiger partial charge in [-0.1, -0.05) is 163 Å². The van der Waals surface area contributed by atoms with Crippen molar-refractivity contribution in [3.05, 3.63) is 18.3 Å². The van der Waals surface area contributed by atoms with Crippen molar-refractivity contribution in [2.75, 3.05) is 43.9 Å². The van der Waals surface area contributed by atoms with Crippen LogP contribution in [0, 0.1) is 0 Å². The van der Waals surface area contributed by atoms with Gasteiger partial charge in [-0.25, -0.2) is 4.98 Å². The number of nitrogens with one attached hydrogen (secondary N) is 2. The maximum Gasteiger partial charge on any atom is 0.306 e. The summed E-state index contributed by atoms with van der Waals surface area (Å²) in [6, 6.07) is 4.06. The molecule has 1 aromatic heterocycles. The molecule has 1 heterocycles. The molecule has 0 amide bonds. The number of carbonyl (C=O) groups is 2. The highest BCUT2D eigenvalue weighted by Crippen LogP contribution is 2.20. The van der Waals surface area contributed by atoms with E-state index in [0.29, 0.717) is 12.8 Å². The number of aromatic nitrogens is 1. The van der Waals surface area contributed by atoms with Crippen LogP contribution >= 0.6 is 0 Å². The van der Waals surface area contributed by atoms with E-state index in [1.165, 1.54) is 154 Å². The predicted molar refractivity (Wildman–Crippen MR) is 263 cm³/mol. The van der Waals surface area contributed by atoms with Crippen LogP contribution in [-0.2, 0) is 19.1 Å². The molecule has 8 nitrogen and oxygen atoms in total. The van der Waals surface area contributed by atoms with Gasteiger partial charge in [-0.3, -0.25) is 9.59 Å². The largest absolute Gasteiger partial charge is 0.462 e. The molecule has 1 aromatic rings. The molecule has 0 aromatic carbocycles. The maximum absolute atomic E-state index is 12.9. The number of unbranched alkanes of at least 4 members (excludes halogenated alkanes) is 23. The van der Waals surface area contributed by atoms with E-state index in [4.69, 9.17) is 9.47 Å². The molecule has 8 heteroatoms. The summed E-state index contributed by atoms with van der Waals surface area (Å²) in [5.74, 6) is 0.913. The standard InChI is InChI=1S/C53H100N4O4/c1-6-10-13-16-21-28-37-48(9-4)60-51(58)41-31-24-19-26-33-45-57(47-36-44-55-50-40-35-43-56-53(50)54-5)46-34-27-20-25-32-42-52(59)61-49(38-29-22-17-14-11-7-2)39-30-23-18-15-12-8-3/h35,40,43,48-49,55H,6-34,36-39,41-42,44-47H2,1-5H3,(H,54,56). The first-order chi connectivity index (χ1) is 30.0. The summed E-state index contributed by atoms with van der Waals surface area (Å²) >= 11 is 0. The molecule has 0 saturated carbocycles. The van der Waals surface area contributed by atoms with Crippen LogP contribution in [0.1, 0.15) is 252 Å². The smallest absolute Gasteiger partial charge is 0.306 e. The number of hydrogen-bond acceptors (Lipinski definition) is 8. The summed E-state index contributed by atoms with van der Waals surface area (Å²) < 4.78 is 11.9. The van der Waals surface area contributed by atoms with Crippen LogP contribution in [0.25, 0.3) is 0 Å². The minimum atomic E-state index is -0.00285. The van der Waals surface area contributed by atoms with E-state index >= 15 is 0 Å². The lowest BCUT2D eigenvalue weighted by Crippen LogP contribution is -2.28. The molecule has 0 aliphatic carbocycles. The molecule has 0 aliphatic heterocycles. The summed E-state index contributed by atoms with van der Waals surface area (Å²) in [6.45, 7) is 13.2. The summed E-state index contributed by atoms with van der Waals surface area (Å²) in [7, 11) is 1.91. The fourth-order valence-electron chi connectivity index (χ4n) is 8.43. The Bertz CT molecular complexity index is 1100. The number of ether oxygens (including phenoxy) is 2. The summed E-state index contributed by atoms with van der Waals surface area (Å²) in [5, 5.41) is 6.76. The number of pyridine rings is 1. The fraction of sp³-hybridized carbons (Fsp3) is 0.868. The van der Waals surface area contributed by atoms with Crippen LogP contribution in [0.3, 0.4) is 0 Å². The number of esters is 2. The van der Waals surface area contributed by atoms with Crippen LogP contribution in [0.5, 0.6) is 0 Å². The molecule has 0 saturated heterocycles. The van der Waals surface area contributed by atoms with Gasteiger partial charge in [-0.2, -0.15) is 0 Å². The quantitative estimate of drug-likeness (QED) is 0.0495. The zero-order valence-electron chi connectivity index (χ0n) is 41.0. The van der Waals surface area contributed by atoms with Crippen molar-refractivity contribution in [2.24, 2.45) is 0 Å². The van der Waals surface area contributed by atoms with Gasteiger partial charge in [0.2, 0.25) is 0 Å². The van der Waals surface area contributed by atoms with Gasteiger partial charge in [-0.15, -0.1) is 0 Å². The van der Waals surface area contributed by atoms with Gasteiger partial charge in [0.1, 0.15) is 18.0 Å². The number of nitrogens with zero attached hydrogens (tertiary/aromatic N) is 2. The second-order valence-corrected chi connectivity index (χ2v) is 18.1. The highest BCUT2D eigenvalue weighted by molar-refractivity contribution is 5.69. The van der Waals surface area contributed by atoms with Gasteiger partial charge in [-0.05, 0) is 109 Å². The number of hydrogen-bond donors (Lipinski definition) is 2. The SMILES string of the molecule is CCCCCCCCC(CC)OC(=O)CCCCCCCN(CCCCCCCC(=O)OC(CCCCCCCC)CCCCCCCC)CCCNc1cccnc1NC. The monoisotopic (exact) mass is 857 g/mol. The van der Waals surface area contributed by atoms with E-state index in [0.717, 1.165) is 95.5 Å². The van der Waals surface area contributed by atoms with Crippen LogP contribution in [0.4, 0.5) is 11.5 Å². The molecule has 0 radical (unpaired) electrons. The van der Waals surface area contributed by atoms with Crippen LogP contribution < -0.4 is 10.6 Å². The first-order valence-corrected chi connectivity index (χ1v) is 26.4. The Morgan fingerprint density at radius 2 is 0.951 bits per heavy atom. The Labute approximate surface area is 378 Å². The highest BCUT2D eigenvalue weighted by Gasteiger charge is 2.15. The first-order valence-electron chi connectivity index (χ1n) is 26.4. The molecule has 0 fully saturated rings.